The third-order valence-corrected chi connectivity index (χ3v) is 6.36. The Bertz CT molecular complexity index is 1010. The van der Waals surface area contributed by atoms with Crippen LogP contribution in [0.2, 0.25) is 0 Å². The van der Waals surface area contributed by atoms with E-state index in [1.165, 1.54) is 16.8 Å². The molecule has 1 aliphatic heterocycles. The Hall–Kier alpha value is -2.62. The SMILES string of the molecule is Cc1c(C(=O)Nc2nnnn2C)ccc2c1C(=O)C(C)(C)CS2(=O)=O. The van der Waals surface area contributed by atoms with E-state index in [0.717, 1.165) is 0 Å². The van der Waals surface area contributed by atoms with Gasteiger partial charge in [-0.15, -0.1) is 0 Å². The standard InChI is InChI=1S/C15H17N5O4S/c1-8-9(13(22)16-14-17-18-19-20(14)4)5-6-10-11(8)12(21)15(2,3)7-25(10,23)24/h5-6H,7H2,1-4H3,(H,16,17,19,22). The summed E-state index contributed by atoms with van der Waals surface area (Å²) in [4.78, 5) is 25.3. The van der Waals surface area contributed by atoms with Crippen LogP contribution in [0.1, 0.15) is 40.1 Å². The van der Waals surface area contributed by atoms with Gasteiger partial charge in [0.25, 0.3) is 5.91 Å². The van der Waals surface area contributed by atoms with Crippen molar-refractivity contribution in [2.75, 3.05) is 11.1 Å². The van der Waals surface area contributed by atoms with Crippen molar-refractivity contribution in [2.45, 2.75) is 25.7 Å². The molecule has 1 aromatic carbocycles. The van der Waals surface area contributed by atoms with E-state index in [9.17, 15) is 18.0 Å². The number of carbonyl (C=O) groups excluding carboxylic acids is 2. The van der Waals surface area contributed by atoms with E-state index in [1.807, 2.05) is 0 Å². The van der Waals surface area contributed by atoms with E-state index in [-0.39, 0.29) is 33.5 Å². The van der Waals surface area contributed by atoms with E-state index in [1.54, 1.807) is 27.8 Å². The summed E-state index contributed by atoms with van der Waals surface area (Å²) in [5.41, 5.74) is -0.436. The molecular weight excluding hydrogens is 346 g/mol. The summed E-state index contributed by atoms with van der Waals surface area (Å²) in [6, 6.07) is 2.71. The van der Waals surface area contributed by atoms with Crippen molar-refractivity contribution >= 4 is 27.5 Å². The topological polar surface area (TPSA) is 124 Å². The zero-order valence-corrected chi connectivity index (χ0v) is 15.0. The molecule has 0 atom stereocenters. The fraction of sp³-hybridized carbons (Fsp3) is 0.400. The van der Waals surface area contributed by atoms with Gasteiger partial charge in [-0.1, -0.05) is 18.9 Å². The number of hydrogen-bond donors (Lipinski definition) is 1. The Morgan fingerprint density at radius 1 is 1.32 bits per heavy atom. The lowest BCUT2D eigenvalue weighted by molar-refractivity contribution is 0.0851. The Labute approximate surface area is 144 Å². The van der Waals surface area contributed by atoms with Crippen LogP contribution in [0.4, 0.5) is 5.95 Å². The van der Waals surface area contributed by atoms with E-state index < -0.39 is 21.2 Å². The number of tetrazole rings is 1. The normalized spacial score (nSPS) is 17.8. The number of Topliss-reactive ketones (excluding diaryl/α,β-unsaturated/α-hetero) is 1. The summed E-state index contributed by atoms with van der Waals surface area (Å²) in [7, 11) is -2.03. The highest BCUT2D eigenvalue weighted by Crippen LogP contribution is 2.38. The second-order valence-electron chi connectivity index (χ2n) is 6.66. The molecule has 0 saturated carbocycles. The maximum Gasteiger partial charge on any atom is 0.258 e. The summed E-state index contributed by atoms with van der Waals surface area (Å²) in [6.07, 6.45) is 0. The minimum atomic E-state index is -3.59. The predicted octanol–water partition coefficient (Wildman–Crippen LogP) is 0.767. The highest BCUT2D eigenvalue weighted by atomic mass is 32.2. The first-order valence-corrected chi connectivity index (χ1v) is 9.15. The molecule has 0 aliphatic carbocycles. The summed E-state index contributed by atoms with van der Waals surface area (Å²) in [5.74, 6) is -0.917. The van der Waals surface area contributed by atoms with Crippen LogP contribution in [0.25, 0.3) is 0 Å². The van der Waals surface area contributed by atoms with E-state index >= 15 is 0 Å². The lowest BCUT2D eigenvalue weighted by Crippen LogP contribution is -2.39. The largest absolute Gasteiger partial charge is 0.293 e. The first-order chi connectivity index (χ1) is 11.5. The van der Waals surface area contributed by atoms with Gasteiger partial charge >= 0.3 is 0 Å². The van der Waals surface area contributed by atoms with Crippen molar-refractivity contribution in [2.24, 2.45) is 12.5 Å². The lowest BCUT2D eigenvalue weighted by Gasteiger charge is -2.30. The first kappa shape index (κ1) is 17.2. The molecule has 1 N–H and O–H groups in total. The third-order valence-electron chi connectivity index (χ3n) is 4.24. The molecule has 0 bridgehead atoms. The number of nitrogens with zero attached hydrogens (tertiary/aromatic N) is 4. The van der Waals surface area contributed by atoms with Crippen LogP contribution in [0, 0.1) is 12.3 Å². The van der Waals surface area contributed by atoms with Gasteiger partial charge in [0.1, 0.15) is 0 Å². The molecule has 0 radical (unpaired) electrons. The molecule has 1 aliphatic rings. The minimum absolute atomic E-state index is 0.0220. The Balaban J connectivity index is 2.11. The molecule has 3 rings (SSSR count). The number of hydrogen-bond acceptors (Lipinski definition) is 7. The van der Waals surface area contributed by atoms with Gasteiger partial charge in [0.05, 0.1) is 10.6 Å². The van der Waals surface area contributed by atoms with Crippen molar-refractivity contribution in [1.29, 1.82) is 0 Å². The number of fused-ring (bicyclic) bond motifs is 1. The fourth-order valence-electron chi connectivity index (χ4n) is 2.94. The van der Waals surface area contributed by atoms with Gasteiger partial charge in [0.2, 0.25) is 5.95 Å². The van der Waals surface area contributed by atoms with Gasteiger partial charge < -0.3 is 0 Å². The van der Waals surface area contributed by atoms with Gasteiger partial charge in [-0.25, -0.2) is 13.1 Å². The van der Waals surface area contributed by atoms with E-state index in [4.69, 9.17) is 0 Å². The molecule has 2 heterocycles. The van der Waals surface area contributed by atoms with Gasteiger partial charge in [-0.05, 0) is 35.0 Å². The van der Waals surface area contributed by atoms with Crippen LogP contribution in [-0.4, -0.2) is 46.1 Å². The van der Waals surface area contributed by atoms with E-state index in [2.05, 4.69) is 20.8 Å². The number of aryl methyl sites for hydroxylation is 1. The molecule has 1 aromatic heterocycles. The maximum atomic E-state index is 12.8. The van der Waals surface area contributed by atoms with Crippen LogP contribution in [0.15, 0.2) is 17.0 Å². The van der Waals surface area contributed by atoms with Crippen molar-refractivity contribution in [1.82, 2.24) is 20.2 Å². The van der Waals surface area contributed by atoms with Gasteiger partial charge in [-0.3, -0.25) is 14.9 Å². The Kier molecular flexibility index (Phi) is 3.75. The molecule has 10 heteroatoms. The van der Waals surface area contributed by atoms with Crippen molar-refractivity contribution in [3.05, 3.63) is 28.8 Å². The molecule has 2 aromatic rings. The number of nitrogens with one attached hydrogen (secondary N) is 1. The summed E-state index contributed by atoms with van der Waals surface area (Å²) in [6.45, 7) is 4.75. The summed E-state index contributed by atoms with van der Waals surface area (Å²) in [5, 5.41) is 13.2. The predicted molar refractivity (Wildman–Crippen MR) is 88.1 cm³/mol. The Morgan fingerprint density at radius 3 is 2.60 bits per heavy atom. The second-order valence-corrected chi connectivity index (χ2v) is 8.62. The number of sulfone groups is 1. The Morgan fingerprint density at radius 2 is 2.00 bits per heavy atom. The molecule has 0 fully saturated rings. The van der Waals surface area contributed by atoms with Crippen LogP contribution in [-0.2, 0) is 16.9 Å². The molecular formula is C15H17N5O4S. The minimum Gasteiger partial charge on any atom is -0.293 e. The smallest absolute Gasteiger partial charge is 0.258 e. The van der Waals surface area contributed by atoms with Gasteiger partial charge in [-0.2, -0.15) is 0 Å². The third kappa shape index (κ3) is 2.72. The van der Waals surface area contributed by atoms with Gasteiger partial charge in [0.15, 0.2) is 15.6 Å². The molecule has 0 unspecified atom stereocenters. The molecule has 25 heavy (non-hydrogen) atoms. The number of aromatic nitrogens is 4. The molecule has 9 nitrogen and oxygen atoms in total. The highest BCUT2D eigenvalue weighted by Gasteiger charge is 2.43. The van der Waals surface area contributed by atoms with Gasteiger partial charge in [0, 0.05) is 23.6 Å². The van der Waals surface area contributed by atoms with Crippen LogP contribution in [0.5, 0.6) is 0 Å². The monoisotopic (exact) mass is 363 g/mol. The number of rotatable bonds is 2. The number of benzene rings is 1. The maximum absolute atomic E-state index is 12.8. The highest BCUT2D eigenvalue weighted by molar-refractivity contribution is 7.91. The van der Waals surface area contributed by atoms with Crippen molar-refractivity contribution < 1.29 is 18.0 Å². The summed E-state index contributed by atoms with van der Waals surface area (Å²) >= 11 is 0. The number of carbonyl (C=O) groups is 2. The first-order valence-electron chi connectivity index (χ1n) is 7.49. The summed E-state index contributed by atoms with van der Waals surface area (Å²) < 4.78 is 26.3. The average molecular weight is 363 g/mol. The number of ketones is 1. The zero-order chi connectivity index (χ0) is 18.6. The number of amides is 1. The number of anilines is 1. The van der Waals surface area contributed by atoms with Crippen LogP contribution < -0.4 is 5.32 Å². The fourth-order valence-corrected chi connectivity index (χ4v) is 5.00. The molecule has 132 valence electrons. The van der Waals surface area contributed by atoms with Crippen molar-refractivity contribution in [3.63, 3.8) is 0 Å². The van der Waals surface area contributed by atoms with Crippen LogP contribution >= 0.6 is 0 Å². The average Bonchev–Trinajstić information content (AvgIpc) is 2.89. The van der Waals surface area contributed by atoms with Crippen molar-refractivity contribution in [3.8, 4) is 0 Å². The molecule has 1 amide bonds. The van der Waals surface area contributed by atoms with Crippen LogP contribution in [0.3, 0.4) is 0 Å². The zero-order valence-electron chi connectivity index (χ0n) is 14.2. The second kappa shape index (κ2) is 5.45. The molecule has 0 spiro atoms. The lowest BCUT2D eigenvalue weighted by atomic mass is 9.83. The quantitative estimate of drug-likeness (QED) is 0.835. The van der Waals surface area contributed by atoms with E-state index in [0.29, 0.717) is 5.56 Å². The molecule has 0 saturated heterocycles.